The van der Waals surface area contributed by atoms with Crippen molar-refractivity contribution in [3.05, 3.63) is 35.9 Å². The fourth-order valence-electron chi connectivity index (χ4n) is 3.94. The summed E-state index contributed by atoms with van der Waals surface area (Å²) in [7, 11) is 0. The number of hydrogen-bond donors (Lipinski definition) is 1. The summed E-state index contributed by atoms with van der Waals surface area (Å²) in [4.78, 5) is 0. The molecule has 0 spiro atoms. The van der Waals surface area contributed by atoms with Gasteiger partial charge in [-0.15, -0.1) is 0 Å². The van der Waals surface area contributed by atoms with Gasteiger partial charge in [0.05, 0.1) is 0 Å². The minimum Gasteiger partial charge on any atom is -0.313 e. The van der Waals surface area contributed by atoms with E-state index in [0.29, 0.717) is 12.0 Å². The molecule has 0 amide bonds. The van der Waals surface area contributed by atoms with Crippen LogP contribution in [0.3, 0.4) is 0 Å². The van der Waals surface area contributed by atoms with Crippen LogP contribution in [-0.2, 0) is 0 Å². The van der Waals surface area contributed by atoms with E-state index >= 15 is 0 Å². The van der Waals surface area contributed by atoms with Gasteiger partial charge >= 0.3 is 0 Å². The number of hydrogen-bond acceptors (Lipinski definition) is 1. The van der Waals surface area contributed by atoms with Crippen molar-refractivity contribution in [3.63, 3.8) is 0 Å². The van der Waals surface area contributed by atoms with Gasteiger partial charge in [0.15, 0.2) is 0 Å². The molecule has 0 aromatic heterocycles. The molecule has 1 aliphatic rings. The van der Waals surface area contributed by atoms with Crippen molar-refractivity contribution >= 4 is 0 Å². The van der Waals surface area contributed by atoms with Gasteiger partial charge in [0.25, 0.3) is 0 Å². The third kappa shape index (κ3) is 4.09. The molecule has 1 nitrogen and oxygen atoms in total. The van der Waals surface area contributed by atoms with Crippen molar-refractivity contribution in [2.24, 2.45) is 5.92 Å². The smallest absolute Gasteiger partial charge is 0.0164 e. The molecule has 1 aliphatic carbocycles. The maximum absolute atomic E-state index is 3.83. The first-order valence-corrected chi connectivity index (χ1v) is 8.65. The Morgan fingerprint density at radius 2 is 1.65 bits per heavy atom. The fourth-order valence-corrected chi connectivity index (χ4v) is 3.94. The normalized spacial score (nSPS) is 20.3. The molecule has 1 N–H and O–H groups in total. The second-order valence-electron chi connectivity index (χ2n) is 6.26. The predicted octanol–water partition coefficient (Wildman–Crippen LogP) is 5.13. The van der Waals surface area contributed by atoms with Crippen molar-refractivity contribution in [2.45, 2.75) is 70.8 Å². The molecule has 20 heavy (non-hydrogen) atoms. The standard InChI is InChI=1S/C19H31N/c1-3-18(16-12-10-7-11-13-16)19(20-4-2)17-14-8-5-6-9-15-17/h7,10-13,17-20H,3-6,8-9,14-15H2,1-2H3. The first kappa shape index (κ1) is 15.6. The van der Waals surface area contributed by atoms with E-state index in [2.05, 4.69) is 49.5 Å². The van der Waals surface area contributed by atoms with Crippen LogP contribution in [0.1, 0.15) is 70.3 Å². The van der Waals surface area contributed by atoms with E-state index in [4.69, 9.17) is 0 Å². The topological polar surface area (TPSA) is 12.0 Å². The van der Waals surface area contributed by atoms with Gasteiger partial charge in [-0.1, -0.05) is 69.9 Å². The summed E-state index contributed by atoms with van der Waals surface area (Å²) in [6, 6.07) is 11.8. The molecule has 0 aliphatic heterocycles. The summed E-state index contributed by atoms with van der Waals surface area (Å²) >= 11 is 0. The zero-order chi connectivity index (χ0) is 14.2. The Bertz CT molecular complexity index is 351. The van der Waals surface area contributed by atoms with Gasteiger partial charge in [-0.3, -0.25) is 0 Å². The molecule has 0 bridgehead atoms. The number of benzene rings is 1. The van der Waals surface area contributed by atoms with Gasteiger partial charge in [-0.25, -0.2) is 0 Å². The first-order chi connectivity index (χ1) is 9.86. The zero-order valence-corrected chi connectivity index (χ0v) is 13.3. The minimum absolute atomic E-state index is 0.658. The van der Waals surface area contributed by atoms with Crippen molar-refractivity contribution in [3.8, 4) is 0 Å². The van der Waals surface area contributed by atoms with Crippen LogP contribution in [0, 0.1) is 5.92 Å². The second-order valence-corrected chi connectivity index (χ2v) is 6.26. The summed E-state index contributed by atoms with van der Waals surface area (Å²) in [6.07, 6.45) is 9.81. The number of rotatable bonds is 6. The van der Waals surface area contributed by atoms with E-state index in [0.717, 1.165) is 12.5 Å². The van der Waals surface area contributed by atoms with Crippen LogP contribution in [0.2, 0.25) is 0 Å². The van der Waals surface area contributed by atoms with E-state index in [9.17, 15) is 0 Å². The second kappa shape index (κ2) is 8.46. The Kier molecular flexibility index (Phi) is 6.59. The molecule has 1 aromatic carbocycles. The molecule has 2 atom stereocenters. The SMILES string of the molecule is CCNC(C1CCCCCC1)C(CC)c1ccccc1. The Morgan fingerprint density at radius 1 is 1.00 bits per heavy atom. The quantitative estimate of drug-likeness (QED) is 0.709. The lowest BCUT2D eigenvalue weighted by Crippen LogP contribution is -2.41. The van der Waals surface area contributed by atoms with Crippen LogP contribution < -0.4 is 5.32 Å². The molecule has 2 rings (SSSR count). The average molecular weight is 273 g/mol. The Morgan fingerprint density at radius 3 is 2.20 bits per heavy atom. The van der Waals surface area contributed by atoms with Crippen molar-refractivity contribution in [2.75, 3.05) is 6.54 Å². The molecule has 1 fully saturated rings. The molecule has 0 radical (unpaired) electrons. The van der Waals surface area contributed by atoms with Gasteiger partial charge in [-0.05, 0) is 43.2 Å². The van der Waals surface area contributed by atoms with Gasteiger partial charge < -0.3 is 5.32 Å². The third-order valence-corrected chi connectivity index (χ3v) is 4.95. The molecular formula is C19H31N. The van der Waals surface area contributed by atoms with Gasteiger partial charge in [0.1, 0.15) is 0 Å². The van der Waals surface area contributed by atoms with E-state index in [1.807, 2.05) is 0 Å². The van der Waals surface area contributed by atoms with Crippen LogP contribution in [0.15, 0.2) is 30.3 Å². The lowest BCUT2D eigenvalue weighted by Gasteiger charge is -2.34. The highest BCUT2D eigenvalue weighted by Gasteiger charge is 2.29. The average Bonchev–Trinajstić information content (AvgIpc) is 2.77. The van der Waals surface area contributed by atoms with Crippen LogP contribution >= 0.6 is 0 Å². The van der Waals surface area contributed by atoms with E-state index in [1.165, 1.54) is 50.5 Å². The van der Waals surface area contributed by atoms with E-state index in [-0.39, 0.29) is 0 Å². The number of nitrogens with one attached hydrogen (secondary N) is 1. The fraction of sp³-hybridized carbons (Fsp3) is 0.684. The number of likely N-dealkylation sites (N-methyl/N-ethyl adjacent to an activating group) is 1. The molecule has 0 saturated heterocycles. The van der Waals surface area contributed by atoms with Crippen molar-refractivity contribution in [1.29, 1.82) is 0 Å². The maximum Gasteiger partial charge on any atom is 0.0164 e. The molecule has 2 unspecified atom stereocenters. The highest BCUT2D eigenvalue weighted by Crippen LogP contribution is 2.34. The lowest BCUT2D eigenvalue weighted by molar-refractivity contribution is 0.278. The van der Waals surface area contributed by atoms with Gasteiger partial charge in [0, 0.05) is 6.04 Å². The van der Waals surface area contributed by atoms with Crippen LogP contribution in [-0.4, -0.2) is 12.6 Å². The highest BCUT2D eigenvalue weighted by molar-refractivity contribution is 5.21. The molecule has 1 saturated carbocycles. The highest BCUT2D eigenvalue weighted by atomic mass is 14.9. The van der Waals surface area contributed by atoms with Crippen LogP contribution in [0.4, 0.5) is 0 Å². The molecule has 112 valence electrons. The summed E-state index contributed by atoms with van der Waals surface area (Å²) in [6.45, 7) is 5.69. The first-order valence-electron chi connectivity index (χ1n) is 8.65. The summed E-state index contributed by atoms with van der Waals surface area (Å²) in [5.41, 5.74) is 1.52. The summed E-state index contributed by atoms with van der Waals surface area (Å²) < 4.78 is 0. The third-order valence-electron chi connectivity index (χ3n) is 4.95. The summed E-state index contributed by atoms with van der Waals surface area (Å²) in [5.74, 6) is 1.53. The monoisotopic (exact) mass is 273 g/mol. The van der Waals surface area contributed by atoms with Crippen molar-refractivity contribution in [1.82, 2.24) is 5.32 Å². The lowest BCUT2D eigenvalue weighted by atomic mass is 9.79. The molecule has 1 heteroatoms. The van der Waals surface area contributed by atoms with Gasteiger partial charge in [0.2, 0.25) is 0 Å². The molecule has 1 aromatic rings. The molecular weight excluding hydrogens is 242 g/mol. The van der Waals surface area contributed by atoms with E-state index in [1.54, 1.807) is 0 Å². The largest absolute Gasteiger partial charge is 0.313 e. The zero-order valence-electron chi connectivity index (χ0n) is 13.3. The Balaban J connectivity index is 2.16. The Labute approximate surface area is 125 Å². The van der Waals surface area contributed by atoms with Crippen LogP contribution in [0.5, 0.6) is 0 Å². The minimum atomic E-state index is 0.658. The van der Waals surface area contributed by atoms with Crippen LogP contribution in [0.25, 0.3) is 0 Å². The van der Waals surface area contributed by atoms with Gasteiger partial charge in [-0.2, -0.15) is 0 Å². The van der Waals surface area contributed by atoms with Crippen molar-refractivity contribution < 1.29 is 0 Å². The molecule has 0 heterocycles. The Hall–Kier alpha value is -0.820. The predicted molar refractivity (Wildman–Crippen MR) is 88.1 cm³/mol. The maximum atomic E-state index is 3.83. The summed E-state index contributed by atoms with van der Waals surface area (Å²) in [5, 5.41) is 3.83. The van der Waals surface area contributed by atoms with E-state index < -0.39 is 0 Å².